The minimum Gasteiger partial charge on any atom is -0.337 e. The van der Waals surface area contributed by atoms with Gasteiger partial charge in [-0.3, -0.25) is 9.59 Å². The van der Waals surface area contributed by atoms with Gasteiger partial charge in [-0.25, -0.2) is 0 Å². The molecule has 2 aliphatic rings. The van der Waals surface area contributed by atoms with Gasteiger partial charge in [0, 0.05) is 31.4 Å². The zero-order chi connectivity index (χ0) is 18.3. The minimum absolute atomic E-state index is 0.0574. The van der Waals surface area contributed by atoms with Gasteiger partial charge in [0.05, 0.1) is 17.0 Å². The zero-order valence-corrected chi connectivity index (χ0v) is 14.6. The SMILES string of the molecule is CN1C(=O)[C@@]2(CCCN(C(=O)c3cccc(C#N)c3)C2)c2ccccc21. The normalized spacial score (nSPS) is 21.6. The first-order chi connectivity index (χ1) is 12.6. The van der Waals surface area contributed by atoms with Crippen LogP contribution in [0.2, 0.25) is 0 Å². The molecule has 0 aromatic heterocycles. The number of hydrogen-bond acceptors (Lipinski definition) is 3. The fourth-order valence-electron chi connectivity index (χ4n) is 4.24. The average molecular weight is 345 g/mol. The standard InChI is InChI=1S/C21H19N3O2/c1-23-18-9-3-2-8-17(18)21(20(23)26)10-5-11-24(14-21)19(25)16-7-4-6-15(12-16)13-22/h2-4,6-9,12H,5,10-11,14H2,1H3/t21-/m1/s1. The Bertz CT molecular complexity index is 946. The molecule has 1 spiro atoms. The number of piperidine rings is 1. The number of amides is 2. The molecule has 130 valence electrons. The number of anilines is 1. The van der Waals surface area contributed by atoms with Gasteiger partial charge < -0.3 is 9.80 Å². The number of benzene rings is 2. The topological polar surface area (TPSA) is 64.4 Å². The van der Waals surface area contributed by atoms with E-state index in [1.54, 1.807) is 41.1 Å². The first-order valence-corrected chi connectivity index (χ1v) is 8.74. The number of fused-ring (bicyclic) bond motifs is 2. The van der Waals surface area contributed by atoms with Crippen molar-refractivity contribution >= 4 is 17.5 Å². The summed E-state index contributed by atoms with van der Waals surface area (Å²) in [5.41, 5.74) is 2.23. The van der Waals surface area contributed by atoms with Crippen molar-refractivity contribution in [2.24, 2.45) is 0 Å². The molecule has 2 aromatic rings. The average Bonchev–Trinajstić information content (AvgIpc) is 2.90. The molecule has 2 amide bonds. The van der Waals surface area contributed by atoms with Crippen LogP contribution < -0.4 is 4.90 Å². The van der Waals surface area contributed by atoms with Gasteiger partial charge in [-0.05, 0) is 42.7 Å². The van der Waals surface area contributed by atoms with E-state index >= 15 is 0 Å². The van der Waals surface area contributed by atoms with Crippen molar-refractivity contribution in [2.45, 2.75) is 18.3 Å². The van der Waals surface area contributed by atoms with E-state index in [-0.39, 0.29) is 11.8 Å². The Morgan fingerprint density at radius 3 is 2.81 bits per heavy atom. The van der Waals surface area contributed by atoms with E-state index in [4.69, 9.17) is 5.26 Å². The summed E-state index contributed by atoms with van der Waals surface area (Å²) in [6, 6.07) is 16.6. The number of carbonyl (C=O) groups excluding carboxylic acids is 2. The van der Waals surface area contributed by atoms with Gasteiger partial charge in [-0.15, -0.1) is 0 Å². The highest BCUT2D eigenvalue weighted by Crippen LogP contribution is 2.46. The van der Waals surface area contributed by atoms with Gasteiger partial charge in [0.2, 0.25) is 5.91 Å². The van der Waals surface area contributed by atoms with Crippen molar-refractivity contribution in [3.05, 3.63) is 65.2 Å². The highest BCUT2D eigenvalue weighted by atomic mass is 16.2. The van der Waals surface area contributed by atoms with Gasteiger partial charge in [0.1, 0.15) is 0 Å². The molecule has 1 fully saturated rings. The maximum absolute atomic E-state index is 13.1. The third-order valence-electron chi connectivity index (χ3n) is 5.51. The number of nitriles is 1. The van der Waals surface area contributed by atoms with Crippen molar-refractivity contribution in [2.75, 3.05) is 25.0 Å². The quantitative estimate of drug-likeness (QED) is 0.798. The van der Waals surface area contributed by atoms with Crippen LogP contribution in [0.1, 0.15) is 34.3 Å². The van der Waals surface area contributed by atoms with Gasteiger partial charge in [-0.1, -0.05) is 24.3 Å². The van der Waals surface area contributed by atoms with Gasteiger partial charge >= 0.3 is 0 Å². The molecular formula is C21H19N3O2. The Balaban J connectivity index is 1.69. The number of hydrogen-bond donors (Lipinski definition) is 0. The van der Waals surface area contributed by atoms with Crippen molar-refractivity contribution < 1.29 is 9.59 Å². The molecule has 2 aliphatic heterocycles. The van der Waals surface area contributed by atoms with Gasteiger partial charge in [0.15, 0.2) is 0 Å². The van der Waals surface area contributed by atoms with Crippen LogP contribution in [-0.2, 0) is 10.2 Å². The molecule has 26 heavy (non-hydrogen) atoms. The van der Waals surface area contributed by atoms with Crippen molar-refractivity contribution in [3.63, 3.8) is 0 Å². The molecule has 1 saturated heterocycles. The zero-order valence-electron chi connectivity index (χ0n) is 14.6. The minimum atomic E-state index is -0.661. The lowest BCUT2D eigenvalue weighted by atomic mass is 9.75. The molecule has 0 saturated carbocycles. The predicted octanol–water partition coefficient (Wildman–Crippen LogP) is 2.71. The number of rotatable bonds is 1. The number of nitrogens with zero attached hydrogens (tertiary/aromatic N) is 3. The molecule has 2 aromatic carbocycles. The van der Waals surface area contributed by atoms with Crippen molar-refractivity contribution in [1.29, 1.82) is 5.26 Å². The number of para-hydroxylation sites is 1. The molecular weight excluding hydrogens is 326 g/mol. The summed E-state index contributed by atoms with van der Waals surface area (Å²) in [5, 5.41) is 9.07. The summed E-state index contributed by atoms with van der Waals surface area (Å²) >= 11 is 0. The predicted molar refractivity (Wildman–Crippen MR) is 97.8 cm³/mol. The molecule has 0 unspecified atom stereocenters. The first kappa shape index (κ1) is 16.3. The fraction of sp³-hybridized carbons (Fsp3) is 0.286. The van der Waals surface area contributed by atoms with Crippen LogP contribution in [0.4, 0.5) is 5.69 Å². The Kier molecular flexibility index (Phi) is 3.77. The first-order valence-electron chi connectivity index (χ1n) is 8.74. The highest BCUT2D eigenvalue weighted by molar-refractivity contribution is 6.08. The monoisotopic (exact) mass is 345 g/mol. The van der Waals surface area contributed by atoms with E-state index in [0.717, 1.165) is 24.1 Å². The van der Waals surface area contributed by atoms with E-state index < -0.39 is 5.41 Å². The van der Waals surface area contributed by atoms with Crippen LogP contribution in [0, 0.1) is 11.3 Å². The van der Waals surface area contributed by atoms with Crippen LogP contribution in [-0.4, -0.2) is 36.9 Å². The largest absolute Gasteiger partial charge is 0.337 e. The summed E-state index contributed by atoms with van der Waals surface area (Å²) in [6.45, 7) is 0.999. The lowest BCUT2D eigenvalue weighted by Crippen LogP contribution is -2.53. The van der Waals surface area contributed by atoms with Crippen LogP contribution in [0.3, 0.4) is 0 Å². The molecule has 5 heteroatoms. The lowest BCUT2D eigenvalue weighted by molar-refractivity contribution is -0.124. The molecule has 1 atom stereocenters. The van der Waals surface area contributed by atoms with E-state index in [1.165, 1.54) is 0 Å². The molecule has 0 N–H and O–H groups in total. The Morgan fingerprint density at radius 2 is 2.00 bits per heavy atom. The Labute approximate surface area is 152 Å². The second-order valence-electron chi connectivity index (χ2n) is 6.99. The third kappa shape index (κ3) is 2.30. The van der Waals surface area contributed by atoms with E-state index in [2.05, 4.69) is 6.07 Å². The van der Waals surface area contributed by atoms with Gasteiger partial charge in [-0.2, -0.15) is 5.26 Å². The Morgan fingerprint density at radius 1 is 1.19 bits per heavy atom. The Hall–Kier alpha value is -3.13. The summed E-state index contributed by atoms with van der Waals surface area (Å²) < 4.78 is 0. The van der Waals surface area contributed by atoms with E-state index in [9.17, 15) is 9.59 Å². The van der Waals surface area contributed by atoms with E-state index in [0.29, 0.717) is 24.2 Å². The molecule has 2 heterocycles. The number of likely N-dealkylation sites (tertiary alicyclic amines) is 1. The van der Waals surface area contributed by atoms with Crippen LogP contribution in [0.25, 0.3) is 0 Å². The molecule has 4 rings (SSSR count). The maximum atomic E-state index is 13.1. The second-order valence-corrected chi connectivity index (χ2v) is 6.99. The summed E-state index contributed by atoms with van der Waals surface area (Å²) in [7, 11) is 1.80. The van der Waals surface area contributed by atoms with E-state index in [1.807, 2.05) is 24.3 Å². The third-order valence-corrected chi connectivity index (χ3v) is 5.51. The second kappa shape index (κ2) is 5.99. The number of likely N-dealkylation sites (N-methyl/N-ethyl adjacent to an activating group) is 1. The number of carbonyl (C=O) groups is 2. The lowest BCUT2D eigenvalue weighted by Gasteiger charge is -2.39. The molecule has 5 nitrogen and oxygen atoms in total. The molecule has 0 bridgehead atoms. The summed E-state index contributed by atoms with van der Waals surface area (Å²) in [5.74, 6) is -0.0667. The summed E-state index contributed by atoms with van der Waals surface area (Å²) in [4.78, 5) is 29.6. The highest BCUT2D eigenvalue weighted by Gasteiger charge is 2.52. The van der Waals surface area contributed by atoms with Crippen molar-refractivity contribution in [3.8, 4) is 6.07 Å². The summed E-state index contributed by atoms with van der Waals surface area (Å²) in [6.07, 6.45) is 1.52. The molecule has 0 radical (unpaired) electrons. The van der Waals surface area contributed by atoms with Crippen LogP contribution in [0.15, 0.2) is 48.5 Å². The van der Waals surface area contributed by atoms with Crippen molar-refractivity contribution in [1.82, 2.24) is 4.90 Å². The van der Waals surface area contributed by atoms with Crippen LogP contribution >= 0.6 is 0 Å². The molecule has 0 aliphatic carbocycles. The maximum Gasteiger partial charge on any atom is 0.253 e. The smallest absolute Gasteiger partial charge is 0.253 e. The van der Waals surface area contributed by atoms with Gasteiger partial charge in [0.25, 0.3) is 5.91 Å². The fourth-order valence-corrected chi connectivity index (χ4v) is 4.24. The van der Waals surface area contributed by atoms with Crippen LogP contribution in [0.5, 0.6) is 0 Å².